The van der Waals surface area contributed by atoms with Crippen LogP contribution in [0.5, 0.6) is 17.2 Å². The molecule has 7 nitrogen and oxygen atoms in total. The number of aromatic hydroxyl groups is 1. The number of aliphatic hydroxyl groups excluding tert-OH is 1. The highest BCUT2D eigenvalue weighted by atomic mass is 16.5. The largest absolute Gasteiger partial charge is 0.507 e. The van der Waals surface area contributed by atoms with Crippen molar-refractivity contribution >= 4 is 11.9 Å². The maximum absolute atomic E-state index is 13.0. The van der Waals surface area contributed by atoms with Crippen molar-refractivity contribution < 1.29 is 29.2 Å². The second-order valence-corrected chi connectivity index (χ2v) is 6.96. The third-order valence-electron chi connectivity index (χ3n) is 5.11. The number of ketones is 1. The zero-order valence-corrected chi connectivity index (χ0v) is 17.3. The molecule has 0 unspecified atom stereocenters. The van der Waals surface area contributed by atoms with Crippen LogP contribution in [0.4, 0.5) is 0 Å². The molecule has 1 aliphatic heterocycles. The highest BCUT2D eigenvalue weighted by Gasteiger charge is 2.24. The van der Waals surface area contributed by atoms with Crippen LogP contribution < -0.4 is 9.47 Å². The van der Waals surface area contributed by atoms with E-state index >= 15 is 0 Å². The molecule has 2 aromatic rings. The molecule has 0 saturated carbocycles. The van der Waals surface area contributed by atoms with Crippen LogP contribution >= 0.6 is 0 Å². The van der Waals surface area contributed by atoms with Crippen LogP contribution in [0.25, 0.3) is 6.08 Å². The second kappa shape index (κ2) is 10.2. The van der Waals surface area contributed by atoms with Gasteiger partial charge in [0.05, 0.1) is 34.0 Å². The lowest BCUT2D eigenvalue weighted by Crippen LogP contribution is -2.36. The van der Waals surface area contributed by atoms with Gasteiger partial charge in [-0.2, -0.15) is 0 Å². The van der Waals surface area contributed by atoms with Crippen LogP contribution in [0.3, 0.4) is 0 Å². The van der Waals surface area contributed by atoms with Crippen molar-refractivity contribution in [3.63, 3.8) is 0 Å². The lowest BCUT2D eigenvalue weighted by Gasteiger charge is -2.28. The first-order chi connectivity index (χ1) is 14.6. The molecule has 7 heteroatoms. The number of morpholine rings is 1. The third-order valence-corrected chi connectivity index (χ3v) is 5.11. The van der Waals surface area contributed by atoms with Crippen molar-refractivity contribution in [3.05, 3.63) is 58.7 Å². The highest BCUT2D eigenvalue weighted by Crippen LogP contribution is 2.36. The molecule has 0 radical (unpaired) electrons. The topological polar surface area (TPSA) is 88.5 Å². The van der Waals surface area contributed by atoms with E-state index in [2.05, 4.69) is 4.90 Å². The number of phenols is 1. The molecule has 0 aliphatic carbocycles. The zero-order chi connectivity index (χ0) is 21.5. The number of hydrogen-bond acceptors (Lipinski definition) is 7. The Kier molecular flexibility index (Phi) is 7.46. The molecule has 2 N–H and O–H groups in total. The Morgan fingerprint density at radius 2 is 1.97 bits per heavy atom. The first-order valence-corrected chi connectivity index (χ1v) is 9.76. The van der Waals surface area contributed by atoms with Crippen molar-refractivity contribution in [2.24, 2.45) is 0 Å². The van der Waals surface area contributed by atoms with Crippen molar-refractivity contribution in [1.29, 1.82) is 0 Å². The number of carbonyl (C=O) groups is 1. The number of phenolic OH excluding ortho intramolecular Hbond substituents is 1. The minimum atomic E-state index is -0.389. The predicted molar refractivity (Wildman–Crippen MR) is 113 cm³/mol. The molecule has 0 amide bonds. The van der Waals surface area contributed by atoms with E-state index in [1.165, 1.54) is 13.2 Å². The van der Waals surface area contributed by atoms with Gasteiger partial charge in [-0.05, 0) is 35.4 Å². The summed E-state index contributed by atoms with van der Waals surface area (Å²) in [6.45, 7) is 2.80. The minimum absolute atomic E-state index is 0.0807. The normalized spacial score (nSPS) is 14.8. The summed E-state index contributed by atoms with van der Waals surface area (Å²) in [5.74, 6) is 0.359. The SMILES string of the molecule is COc1cccc(C=CC(=O)c2c(OC)cc(CO)c(CN3CCOCC3)c2O)c1. The Morgan fingerprint density at radius 3 is 2.63 bits per heavy atom. The number of nitrogens with zero attached hydrogens (tertiary/aromatic N) is 1. The van der Waals surface area contributed by atoms with Crippen LogP contribution in [-0.4, -0.2) is 61.4 Å². The van der Waals surface area contributed by atoms with E-state index in [4.69, 9.17) is 14.2 Å². The molecule has 1 fully saturated rings. The van der Waals surface area contributed by atoms with Gasteiger partial charge in [0, 0.05) is 25.2 Å². The smallest absolute Gasteiger partial charge is 0.193 e. The lowest BCUT2D eigenvalue weighted by atomic mass is 9.97. The number of hydrogen-bond donors (Lipinski definition) is 2. The van der Waals surface area contributed by atoms with E-state index in [0.717, 1.165) is 18.7 Å². The van der Waals surface area contributed by atoms with E-state index in [0.29, 0.717) is 36.6 Å². The van der Waals surface area contributed by atoms with E-state index in [1.54, 1.807) is 25.3 Å². The summed E-state index contributed by atoms with van der Waals surface area (Å²) in [6, 6.07) is 8.92. The fourth-order valence-corrected chi connectivity index (χ4v) is 3.44. The summed E-state index contributed by atoms with van der Waals surface area (Å²) in [4.78, 5) is 15.1. The standard InChI is InChI=1S/C23H27NO6/c1-28-18-5-3-4-16(12-18)6-7-20(26)22-21(29-2)13-17(15-25)19(23(22)27)14-24-8-10-30-11-9-24/h3-7,12-13,25,27H,8-11,14-15H2,1-2H3. The van der Waals surface area contributed by atoms with Gasteiger partial charge in [0.2, 0.25) is 0 Å². The summed E-state index contributed by atoms with van der Waals surface area (Å²) in [7, 11) is 3.01. The van der Waals surface area contributed by atoms with Crippen molar-refractivity contribution in [2.75, 3.05) is 40.5 Å². The Morgan fingerprint density at radius 1 is 1.20 bits per heavy atom. The van der Waals surface area contributed by atoms with Crippen LogP contribution in [0.2, 0.25) is 0 Å². The number of methoxy groups -OCH3 is 2. The molecule has 1 saturated heterocycles. The molecule has 0 atom stereocenters. The van der Waals surface area contributed by atoms with Gasteiger partial charge in [-0.25, -0.2) is 0 Å². The maximum Gasteiger partial charge on any atom is 0.193 e. The molecule has 3 rings (SSSR count). The maximum atomic E-state index is 13.0. The first kappa shape index (κ1) is 21.8. The molecule has 30 heavy (non-hydrogen) atoms. The number of ether oxygens (including phenoxy) is 3. The molecule has 1 heterocycles. The van der Waals surface area contributed by atoms with Crippen LogP contribution in [0.15, 0.2) is 36.4 Å². The number of allylic oxidation sites excluding steroid dienone is 1. The fourth-order valence-electron chi connectivity index (χ4n) is 3.44. The Bertz CT molecular complexity index is 918. The molecule has 0 aromatic heterocycles. The zero-order valence-electron chi connectivity index (χ0n) is 17.3. The molecular formula is C23H27NO6. The van der Waals surface area contributed by atoms with Gasteiger partial charge >= 0.3 is 0 Å². The van der Waals surface area contributed by atoms with Crippen molar-refractivity contribution in [1.82, 2.24) is 4.90 Å². The number of aliphatic hydroxyl groups is 1. The molecule has 2 aromatic carbocycles. The first-order valence-electron chi connectivity index (χ1n) is 9.76. The van der Waals surface area contributed by atoms with Crippen molar-refractivity contribution in [3.8, 4) is 17.2 Å². The molecular weight excluding hydrogens is 386 g/mol. The summed E-state index contributed by atoms with van der Waals surface area (Å²) in [6.07, 6.45) is 3.05. The quantitative estimate of drug-likeness (QED) is 0.508. The van der Waals surface area contributed by atoms with Gasteiger partial charge in [0.15, 0.2) is 5.78 Å². The average Bonchev–Trinajstić information content (AvgIpc) is 2.79. The van der Waals surface area contributed by atoms with Gasteiger partial charge in [-0.15, -0.1) is 0 Å². The summed E-state index contributed by atoms with van der Waals surface area (Å²) in [5, 5.41) is 20.8. The van der Waals surface area contributed by atoms with Gasteiger partial charge in [-0.3, -0.25) is 9.69 Å². The van der Waals surface area contributed by atoms with Crippen LogP contribution in [0, 0.1) is 0 Å². The average molecular weight is 413 g/mol. The highest BCUT2D eigenvalue weighted by molar-refractivity contribution is 6.10. The van der Waals surface area contributed by atoms with E-state index < -0.39 is 0 Å². The summed E-state index contributed by atoms with van der Waals surface area (Å²) in [5.41, 5.74) is 1.93. The molecule has 0 bridgehead atoms. The molecule has 160 valence electrons. The van der Waals surface area contributed by atoms with Gasteiger partial charge in [-0.1, -0.05) is 18.2 Å². The third kappa shape index (κ3) is 4.99. The van der Waals surface area contributed by atoms with E-state index in [-0.39, 0.29) is 29.5 Å². The Hall–Kier alpha value is -2.87. The Labute approximate surface area is 176 Å². The molecule has 0 spiro atoms. The van der Waals surface area contributed by atoms with Gasteiger partial charge in [0.1, 0.15) is 22.8 Å². The molecule has 1 aliphatic rings. The lowest BCUT2D eigenvalue weighted by molar-refractivity contribution is 0.0336. The summed E-state index contributed by atoms with van der Waals surface area (Å²) < 4.78 is 15.9. The van der Waals surface area contributed by atoms with Gasteiger partial charge < -0.3 is 24.4 Å². The Balaban J connectivity index is 1.94. The number of benzene rings is 2. The van der Waals surface area contributed by atoms with E-state index in [9.17, 15) is 15.0 Å². The van der Waals surface area contributed by atoms with Crippen LogP contribution in [0.1, 0.15) is 27.0 Å². The predicted octanol–water partition coefficient (Wildman–Crippen LogP) is 2.63. The van der Waals surface area contributed by atoms with Crippen LogP contribution in [-0.2, 0) is 17.9 Å². The summed E-state index contributed by atoms with van der Waals surface area (Å²) >= 11 is 0. The minimum Gasteiger partial charge on any atom is -0.507 e. The van der Waals surface area contributed by atoms with Gasteiger partial charge in [0.25, 0.3) is 0 Å². The van der Waals surface area contributed by atoms with E-state index in [1.807, 2.05) is 18.2 Å². The number of rotatable bonds is 8. The fraction of sp³-hybridized carbons (Fsp3) is 0.348. The van der Waals surface area contributed by atoms with Crippen molar-refractivity contribution in [2.45, 2.75) is 13.2 Å². The second-order valence-electron chi connectivity index (χ2n) is 6.96. The monoisotopic (exact) mass is 413 g/mol. The number of carbonyl (C=O) groups excluding carboxylic acids is 1.